The molecule has 0 spiro atoms. The molecular weight excluding hydrogens is 672 g/mol. The number of hydrogen-bond acceptors (Lipinski definition) is 14. The number of tetrazole rings is 1. The third kappa shape index (κ3) is 10.9. The molecule has 2 aliphatic rings. The number of carboxylic acids is 1. The molecule has 1 aromatic carbocycles. The average Bonchev–Trinajstić information content (AvgIpc) is 3.41. The molecule has 0 radical (unpaired) electrons. The first-order chi connectivity index (χ1) is 20.1. The topological polar surface area (TPSA) is 240 Å². The maximum atomic E-state index is 13.0. The monoisotopic (exact) mass is 699 g/mol. The largest absolute Gasteiger partial charge is 1.00 e. The molecule has 232 valence electrons. The summed E-state index contributed by atoms with van der Waals surface area (Å²) in [4.78, 5) is 50.7. The van der Waals surface area contributed by atoms with Gasteiger partial charge in [-0.15, -0.1) is 22.0 Å². The van der Waals surface area contributed by atoms with Crippen LogP contribution < -0.4 is 74.9 Å². The molecule has 0 aliphatic carbocycles. The molecule has 0 saturated carbocycles. The summed E-state index contributed by atoms with van der Waals surface area (Å²) in [5.74, 6) is -3.98. The van der Waals surface area contributed by atoms with E-state index in [1.807, 2.05) is 0 Å². The van der Waals surface area contributed by atoms with Crippen molar-refractivity contribution in [2.24, 2.45) is 0 Å². The van der Waals surface area contributed by atoms with Crippen molar-refractivity contribution >= 4 is 57.5 Å². The van der Waals surface area contributed by atoms with Gasteiger partial charge in [-0.3, -0.25) is 14.5 Å². The minimum Gasteiger partial charge on any atom is -0.748 e. The summed E-state index contributed by atoms with van der Waals surface area (Å²) in [5.41, 5.74) is 0.209. The molecule has 3 atom stereocenters. The van der Waals surface area contributed by atoms with Crippen molar-refractivity contribution in [2.75, 3.05) is 11.5 Å². The van der Waals surface area contributed by atoms with Gasteiger partial charge in [0.25, 0.3) is 5.91 Å². The summed E-state index contributed by atoms with van der Waals surface area (Å²) in [7, 11) is -4.82. The van der Waals surface area contributed by atoms with Crippen LogP contribution in [0.1, 0.15) is 31.9 Å². The van der Waals surface area contributed by atoms with Crippen LogP contribution in [0, 0.1) is 0 Å². The van der Waals surface area contributed by atoms with Crippen LogP contribution >= 0.6 is 23.5 Å². The molecule has 3 heterocycles. The van der Waals surface area contributed by atoms with E-state index >= 15 is 0 Å². The van der Waals surface area contributed by atoms with Crippen LogP contribution in [0.3, 0.4) is 0 Å². The minimum absolute atomic E-state index is 0. The quantitative estimate of drug-likeness (QED) is 0.0855. The minimum atomic E-state index is -4.82. The number of nitrogens with one attached hydrogen (secondary N) is 3. The molecule has 3 N–H and O–H groups in total. The van der Waals surface area contributed by atoms with Crippen LogP contribution in [0.4, 0.5) is 4.79 Å². The van der Waals surface area contributed by atoms with Gasteiger partial charge in [0.05, 0.1) is 34.0 Å². The summed E-state index contributed by atoms with van der Waals surface area (Å²) < 4.78 is 39.9. The Kier molecular flexibility index (Phi) is 14.4. The zero-order valence-electron chi connectivity index (χ0n) is 25.1. The molecule has 1 aromatic heterocycles. The fraction of sp³-hybridized carbons (Fsp3) is 0.458. The number of thioether (sulfide) groups is 2. The number of fused-ring (bicyclic) bond motifs is 1. The first-order valence-corrected chi connectivity index (χ1v) is 16.2. The molecule has 16 nitrogen and oxygen atoms in total. The zero-order valence-corrected chi connectivity index (χ0v) is 31.5. The maximum Gasteiger partial charge on any atom is 1.00 e. The standard InChI is InChI=1S/C24H29N7O9S3.2Na/c1-24(2,3)40-23(36)25-9-13-6-4-12(5-7-13)8-16(32)26-17-19(33)31-18(21(34)35)14(10-41-20(17)31)15(11-43(37,38)39)42-22-27-29-30-28-22;;/h4-7,15,17,20H,8-11H2,1-3H3,(H,25,36)(H,26,32)(H,34,35)(H,37,38,39)(H,27,28,29,30);;/q;2*+1/p-2/t15?,17?,20-;;/m0../s1. The first kappa shape index (κ1) is 39.5. The zero-order chi connectivity index (χ0) is 31.5. The van der Waals surface area contributed by atoms with Gasteiger partial charge in [0.2, 0.25) is 11.1 Å². The number of carboxylic acid groups (broad SMARTS) is 1. The predicted molar refractivity (Wildman–Crippen MR) is 149 cm³/mol. The summed E-state index contributed by atoms with van der Waals surface area (Å²) in [6, 6.07) is 5.83. The SMILES string of the molecule is CC(C)(C)OC(=O)NCc1ccc(CC(=O)NC2C(=O)N3C(C(=O)[O-])=C(C(CS(=O)(=O)[O-])Sc4nn[nH]n4)CS[C@@H]23)cc1.[Na+].[Na+]. The number of carbonyl (C=O) groups is 4. The molecule has 1 fully saturated rings. The van der Waals surface area contributed by atoms with E-state index in [0.29, 0.717) is 17.3 Å². The number of β-lactam (4-membered cyclic amide) rings is 1. The van der Waals surface area contributed by atoms with E-state index in [2.05, 4.69) is 31.3 Å². The normalized spacial score (nSPS) is 18.4. The van der Waals surface area contributed by atoms with Crippen molar-refractivity contribution < 1.29 is 101 Å². The number of alkyl carbamates (subject to hydrolysis) is 1. The van der Waals surface area contributed by atoms with Crippen LogP contribution in [0.2, 0.25) is 0 Å². The van der Waals surface area contributed by atoms with Crippen molar-refractivity contribution in [3.63, 3.8) is 0 Å². The number of amides is 3. The molecule has 1 saturated heterocycles. The van der Waals surface area contributed by atoms with Crippen molar-refractivity contribution in [1.29, 1.82) is 0 Å². The summed E-state index contributed by atoms with van der Waals surface area (Å²) >= 11 is 1.81. The summed E-state index contributed by atoms with van der Waals surface area (Å²) in [5, 5.41) is 28.3. The second kappa shape index (κ2) is 16.4. The average molecular weight is 700 g/mol. The third-order valence-electron chi connectivity index (χ3n) is 6.05. The Hall–Kier alpha value is -1.68. The number of hydrogen-bond donors (Lipinski definition) is 3. The predicted octanol–water partition coefficient (Wildman–Crippen LogP) is -7.12. The molecule has 2 aliphatic heterocycles. The molecule has 21 heteroatoms. The molecule has 45 heavy (non-hydrogen) atoms. The van der Waals surface area contributed by atoms with Crippen molar-refractivity contribution in [2.45, 2.75) is 61.2 Å². The number of aromatic amines is 1. The number of benzene rings is 1. The van der Waals surface area contributed by atoms with Crippen LogP contribution in [0.5, 0.6) is 0 Å². The van der Waals surface area contributed by atoms with Gasteiger partial charge in [-0.05, 0) is 42.7 Å². The van der Waals surface area contributed by atoms with Crippen molar-refractivity contribution in [3.05, 3.63) is 46.7 Å². The van der Waals surface area contributed by atoms with Crippen LogP contribution in [-0.2, 0) is 42.2 Å². The number of carbonyl (C=O) groups excluding carboxylic acids is 4. The van der Waals surface area contributed by atoms with Gasteiger partial charge in [0.15, 0.2) is 0 Å². The number of rotatable bonds is 11. The third-order valence-corrected chi connectivity index (χ3v) is 9.42. The molecule has 2 aromatic rings. The molecule has 3 amide bonds. The van der Waals surface area contributed by atoms with E-state index in [-0.39, 0.29) is 88.6 Å². The van der Waals surface area contributed by atoms with Gasteiger partial charge in [-0.25, -0.2) is 13.2 Å². The Morgan fingerprint density at radius 3 is 2.40 bits per heavy atom. The second-order valence-corrected chi connectivity index (χ2v) is 14.2. The van der Waals surface area contributed by atoms with E-state index in [0.717, 1.165) is 22.2 Å². The number of nitrogens with zero attached hydrogens (tertiary/aromatic N) is 4. The van der Waals surface area contributed by atoms with Crippen molar-refractivity contribution in [1.82, 2.24) is 36.2 Å². The fourth-order valence-electron chi connectivity index (χ4n) is 4.27. The second-order valence-electron chi connectivity index (χ2n) is 10.5. The number of ether oxygens (including phenoxy) is 1. The Labute approximate surface area is 311 Å². The Morgan fingerprint density at radius 1 is 1.20 bits per heavy atom. The first-order valence-electron chi connectivity index (χ1n) is 12.7. The van der Waals surface area contributed by atoms with Crippen molar-refractivity contribution in [3.8, 4) is 0 Å². The Bertz CT molecular complexity index is 1540. The Balaban J connectivity index is 0.00000353. The van der Waals surface area contributed by atoms with Gasteiger partial charge in [0, 0.05) is 17.5 Å². The smallest absolute Gasteiger partial charge is 0.748 e. The fourth-order valence-corrected chi connectivity index (χ4v) is 7.92. The summed E-state index contributed by atoms with van der Waals surface area (Å²) in [6.07, 6.45) is -0.628. The van der Waals surface area contributed by atoms with Gasteiger partial charge >= 0.3 is 65.2 Å². The van der Waals surface area contributed by atoms with E-state index in [4.69, 9.17) is 4.74 Å². The Morgan fingerprint density at radius 2 is 1.84 bits per heavy atom. The van der Waals surface area contributed by atoms with Gasteiger partial charge in [0.1, 0.15) is 17.0 Å². The molecule has 2 unspecified atom stereocenters. The van der Waals surface area contributed by atoms with E-state index in [1.165, 1.54) is 0 Å². The van der Waals surface area contributed by atoms with E-state index in [9.17, 15) is 37.3 Å². The number of aromatic nitrogens is 4. The molecular formula is C24H27N7Na2O9S3. The molecule has 0 bridgehead atoms. The van der Waals surface area contributed by atoms with Gasteiger partial charge in [-0.2, -0.15) is 5.21 Å². The van der Waals surface area contributed by atoms with Crippen LogP contribution in [0.25, 0.3) is 0 Å². The van der Waals surface area contributed by atoms with E-state index < -0.39 is 67.7 Å². The maximum absolute atomic E-state index is 13.0. The van der Waals surface area contributed by atoms with Crippen LogP contribution in [0.15, 0.2) is 40.7 Å². The number of H-pyrrole nitrogens is 1. The number of aliphatic carboxylic acids is 1. The van der Waals surface area contributed by atoms with Gasteiger partial charge in [-0.1, -0.05) is 36.0 Å². The van der Waals surface area contributed by atoms with Crippen LogP contribution in [-0.4, -0.2) is 96.1 Å². The molecule has 4 rings (SSSR count). The van der Waals surface area contributed by atoms with E-state index in [1.54, 1.807) is 45.0 Å². The summed E-state index contributed by atoms with van der Waals surface area (Å²) in [6.45, 7) is 5.48. The van der Waals surface area contributed by atoms with Gasteiger partial charge < -0.3 is 29.8 Å².